The SMILES string of the molecule is O=C(O)CCCCCn1c2ccc(F)cc2c(=O)c2cc3c(cc21)c(=O)c1cc(F)ccc1n3CCCCCC(=O)O. The quantitative estimate of drug-likeness (QED) is 0.135. The zero-order valence-corrected chi connectivity index (χ0v) is 22.9. The van der Waals surface area contributed by atoms with Crippen molar-refractivity contribution in [3.8, 4) is 0 Å². The van der Waals surface area contributed by atoms with Gasteiger partial charge in [-0.25, -0.2) is 8.78 Å². The Morgan fingerprint density at radius 2 is 0.929 bits per heavy atom. The van der Waals surface area contributed by atoms with Crippen LogP contribution in [0.1, 0.15) is 51.4 Å². The summed E-state index contributed by atoms with van der Waals surface area (Å²) in [6.45, 7) is 0.814. The molecule has 0 aliphatic carbocycles. The minimum Gasteiger partial charge on any atom is -0.481 e. The second-order valence-electron chi connectivity index (χ2n) is 10.6. The lowest BCUT2D eigenvalue weighted by Crippen LogP contribution is -2.16. The van der Waals surface area contributed by atoms with Crippen molar-refractivity contribution in [1.29, 1.82) is 0 Å². The van der Waals surface area contributed by atoms with Crippen LogP contribution in [0, 0.1) is 11.6 Å². The van der Waals surface area contributed by atoms with Crippen LogP contribution in [-0.2, 0) is 22.7 Å². The Kier molecular flexibility index (Phi) is 8.33. The van der Waals surface area contributed by atoms with Crippen LogP contribution >= 0.6 is 0 Å². The molecule has 218 valence electrons. The predicted octanol–water partition coefficient (Wildman–Crippen LogP) is 6.19. The van der Waals surface area contributed by atoms with Gasteiger partial charge in [-0.05, 0) is 74.2 Å². The smallest absolute Gasteiger partial charge is 0.303 e. The minimum absolute atomic E-state index is 0.0427. The number of hydrogen-bond donors (Lipinski definition) is 2. The number of rotatable bonds is 12. The lowest BCUT2D eigenvalue weighted by Gasteiger charge is -2.19. The number of fused-ring (bicyclic) bond motifs is 4. The molecule has 0 radical (unpaired) electrons. The molecule has 0 bridgehead atoms. The summed E-state index contributed by atoms with van der Waals surface area (Å²) in [6.07, 6.45) is 3.49. The van der Waals surface area contributed by atoms with Gasteiger partial charge < -0.3 is 19.3 Å². The largest absolute Gasteiger partial charge is 0.481 e. The van der Waals surface area contributed by atoms with Crippen LogP contribution < -0.4 is 10.9 Å². The lowest BCUT2D eigenvalue weighted by molar-refractivity contribution is -0.138. The first kappa shape index (κ1) is 28.9. The number of aromatic nitrogens is 2. The molecule has 3 aromatic carbocycles. The molecule has 10 heteroatoms. The van der Waals surface area contributed by atoms with Gasteiger partial charge in [0.1, 0.15) is 11.6 Å². The van der Waals surface area contributed by atoms with Gasteiger partial charge in [0.25, 0.3) is 0 Å². The number of hydrogen-bond acceptors (Lipinski definition) is 4. The van der Waals surface area contributed by atoms with Crippen LogP contribution in [-0.4, -0.2) is 31.3 Å². The first-order valence-electron chi connectivity index (χ1n) is 14.0. The van der Waals surface area contributed by atoms with Crippen molar-refractivity contribution >= 4 is 55.6 Å². The summed E-state index contributed by atoms with van der Waals surface area (Å²) in [5.41, 5.74) is 1.18. The van der Waals surface area contributed by atoms with Crippen molar-refractivity contribution in [1.82, 2.24) is 9.13 Å². The molecular weight excluding hydrogens is 546 g/mol. The van der Waals surface area contributed by atoms with Crippen LogP contribution in [0.4, 0.5) is 8.78 Å². The summed E-state index contributed by atoms with van der Waals surface area (Å²) < 4.78 is 32.3. The summed E-state index contributed by atoms with van der Waals surface area (Å²) in [4.78, 5) is 49.3. The van der Waals surface area contributed by atoms with Gasteiger partial charge in [-0.3, -0.25) is 19.2 Å². The van der Waals surface area contributed by atoms with Crippen LogP contribution in [0.15, 0.2) is 58.1 Å². The third-order valence-corrected chi connectivity index (χ3v) is 7.72. The van der Waals surface area contributed by atoms with E-state index in [-0.39, 0.29) is 34.5 Å². The van der Waals surface area contributed by atoms with E-state index in [0.29, 0.717) is 84.5 Å². The molecule has 0 aliphatic heterocycles. The predicted molar refractivity (Wildman–Crippen MR) is 157 cm³/mol. The van der Waals surface area contributed by atoms with Crippen molar-refractivity contribution in [3.63, 3.8) is 0 Å². The average molecular weight is 577 g/mol. The van der Waals surface area contributed by atoms with Gasteiger partial charge in [-0.15, -0.1) is 0 Å². The molecule has 2 N–H and O–H groups in total. The van der Waals surface area contributed by atoms with E-state index in [1.54, 1.807) is 12.1 Å². The molecule has 5 aromatic rings. The number of benzene rings is 3. The number of halogens is 2. The highest BCUT2D eigenvalue weighted by Crippen LogP contribution is 2.28. The molecule has 42 heavy (non-hydrogen) atoms. The van der Waals surface area contributed by atoms with Crippen LogP contribution in [0.25, 0.3) is 43.6 Å². The molecule has 0 aliphatic rings. The van der Waals surface area contributed by atoms with Crippen LogP contribution in [0.3, 0.4) is 0 Å². The van der Waals surface area contributed by atoms with E-state index in [1.165, 1.54) is 36.4 Å². The molecule has 5 rings (SSSR count). The van der Waals surface area contributed by atoms with Crippen molar-refractivity contribution < 1.29 is 28.6 Å². The van der Waals surface area contributed by atoms with E-state index in [1.807, 2.05) is 9.13 Å². The summed E-state index contributed by atoms with van der Waals surface area (Å²) in [6, 6.07) is 11.3. The number of carboxylic acid groups (broad SMARTS) is 2. The number of nitrogens with zero attached hydrogens (tertiary/aromatic N) is 2. The van der Waals surface area contributed by atoms with Crippen LogP contribution in [0.5, 0.6) is 0 Å². The molecular formula is C32H30F2N2O6. The van der Waals surface area contributed by atoms with Crippen molar-refractivity contribution in [2.75, 3.05) is 0 Å². The molecule has 2 aromatic heterocycles. The normalized spacial score (nSPS) is 11.7. The third kappa shape index (κ3) is 5.74. The molecule has 0 unspecified atom stereocenters. The second-order valence-corrected chi connectivity index (χ2v) is 10.6. The lowest BCUT2D eigenvalue weighted by atomic mass is 10.0. The number of carboxylic acids is 2. The van der Waals surface area contributed by atoms with E-state index in [4.69, 9.17) is 10.2 Å². The fourth-order valence-electron chi connectivity index (χ4n) is 5.72. The highest BCUT2D eigenvalue weighted by atomic mass is 19.1. The maximum Gasteiger partial charge on any atom is 0.303 e. The number of carbonyl (C=O) groups is 2. The monoisotopic (exact) mass is 576 g/mol. The Morgan fingerprint density at radius 3 is 1.31 bits per heavy atom. The van der Waals surface area contributed by atoms with E-state index in [2.05, 4.69) is 0 Å². The second kappa shape index (κ2) is 12.1. The summed E-state index contributed by atoms with van der Waals surface area (Å²) in [5, 5.41) is 18.9. The summed E-state index contributed by atoms with van der Waals surface area (Å²) >= 11 is 0. The number of aryl methyl sites for hydroxylation is 2. The Morgan fingerprint density at radius 1 is 0.548 bits per heavy atom. The first-order chi connectivity index (χ1) is 20.2. The standard InChI is InChI=1S/C32H30F2N2O6/c33-19-9-11-25-21(15-19)31(41)23-18-28-24(17-27(23)35(25)13-5-1-3-7-29(37)38)32(42)22-16-20(34)10-12-26(22)36(28)14-6-2-4-8-30(39)40/h9-12,15-18H,1-8,13-14H2,(H,37,38)(H,39,40). The van der Waals surface area contributed by atoms with Gasteiger partial charge in [0.2, 0.25) is 0 Å². The van der Waals surface area contributed by atoms with Crippen molar-refractivity contribution in [3.05, 3.63) is 80.6 Å². The maximum atomic E-state index is 14.3. The summed E-state index contributed by atoms with van der Waals surface area (Å²) in [7, 11) is 0. The highest BCUT2D eigenvalue weighted by Gasteiger charge is 2.18. The zero-order valence-electron chi connectivity index (χ0n) is 22.9. The first-order valence-corrected chi connectivity index (χ1v) is 14.0. The Bertz CT molecular complexity index is 1840. The van der Waals surface area contributed by atoms with E-state index >= 15 is 0 Å². The van der Waals surface area contributed by atoms with Crippen LogP contribution in [0.2, 0.25) is 0 Å². The molecule has 8 nitrogen and oxygen atoms in total. The zero-order chi connectivity index (χ0) is 30.0. The van der Waals surface area contributed by atoms with Crippen molar-refractivity contribution in [2.45, 2.75) is 64.5 Å². The molecule has 0 atom stereocenters. The van der Waals surface area contributed by atoms with Gasteiger partial charge in [0.05, 0.1) is 22.1 Å². The Balaban J connectivity index is 1.72. The van der Waals surface area contributed by atoms with Crippen molar-refractivity contribution in [2.24, 2.45) is 0 Å². The average Bonchev–Trinajstić information content (AvgIpc) is 2.95. The minimum atomic E-state index is -0.877. The molecule has 0 spiro atoms. The Hall–Kier alpha value is -4.60. The van der Waals surface area contributed by atoms with Gasteiger partial charge >= 0.3 is 11.9 Å². The van der Waals surface area contributed by atoms with E-state index in [0.717, 1.165) is 0 Å². The molecule has 2 heterocycles. The maximum absolute atomic E-state index is 14.3. The molecule has 0 saturated heterocycles. The number of unbranched alkanes of at least 4 members (excludes halogenated alkanes) is 4. The molecule has 0 saturated carbocycles. The van der Waals surface area contributed by atoms with Gasteiger partial charge in [-0.2, -0.15) is 0 Å². The molecule has 0 amide bonds. The highest BCUT2D eigenvalue weighted by molar-refractivity contribution is 6.03. The van der Waals surface area contributed by atoms with Gasteiger partial charge in [-0.1, -0.05) is 12.8 Å². The fraction of sp³-hybridized carbons (Fsp3) is 0.312. The van der Waals surface area contributed by atoms with E-state index in [9.17, 15) is 28.0 Å². The summed E-state index contributed by atoms with van der Waals surface area (Å²) in [5.74, 6) is -2.87. The van der Waals surface area contributed by atoms with Gasteiger partial charge in [0.15, 0.2) is 10.9 Å². The van der Waals surface area contributed by atoms with Gasteiger partial charge in [0, 0.05) is 47.5 Å². The number of aliphatic carboxylic acids is 2. The van der Waals surface area contributed by atoms with E-state index < -0.39 is 23.6 Å². The Labute approximate surface area is 238 Å². The topological polar surface area (TPSA) is 119 Å². The molecule has 0 fully saturated rings. The fourth-order valence-corrected chi connectivity index (χ4v) is 5.72. The third-order valence-electron chi connectivity index (χ3n) is 7.72. The number of pyridine rings is 2.